The molecule has 0 radical (unpaired) electrons. The zero-order valence-electron chi connectivity index (χ0n) is 8.42. The molecule has 1 rings (SSSR count). The molecule has 4 heteroatoms. The predicted molar refractivity (Wildman–Crippen MR) is 57.2 cm³/mol. The fourth-order valence-electron chi connectivity index (χ4n) is 0.991. The van der Waals surface area contributed by atoms with Crippen LogP contribution in [0, 0.1) is 23.2 Å². The molecule has 0 fully saturated rings. The summed E-state index contributed by atoms with van der Waals surface area (Å²) >= 11 is 0. The van der Waals surface area contributed by atoms with Crippen molar-refractivity contribution in [1.82, 2.24) is 10.3 Å². The van der Waals surface area contributed by atoms with Crippen LogP contribution in [0.4, 0.5) is 0 Å². The normalized spacial score (nSPS) is 8.80. The molecule has 0 saturated heterocycles. The number of nitrogens with zero attached hydrogens (tertiary/aromatic N) is 1. The van der Waals surface area contributed by atoms with Gasteiger partial charge in [-0.1, -0.05) is 11.8 Å². The Hall–Kier alpha value is -2.04. The molecule has 0 saturated carbocycles. The topological polar surface area (TPSA) is 68.7 Å². The Labute approximate surface area is 87.9 Å². The molecule has 1 aromatic rings. The van der Waals surface area contributed by atoms with Gasteiger partial charge in [-0.05, 0) is 13.1 Å². The zero-order valence-corrected chi connectivity index (χ0v) is 8.42. The minimum atomic E-state index is -0.377. The highest BCUT2D eigenvalue weighted by Gasteiger charge is 1.97. The quantitative estimate of drug-likeness (QED) is 0.531. The van der Waals surface area contributed by atoms with E-state index in [1.807, 2.05) is 13.1 Å². The van der Waals surface area contributed by atoms with E-state index in [1.54, 1.807) is 0 Å². The molecule has 0 spiro atoms. The van der Waals surface area contributed by atoms with E-state index in [4.69, 9.17) is 5.26 Å². The first kappa shape index (κ1) is 11.0. The highest BCUT2D eigenvalue weighted by atomic mass is 16.1. The highest BCUT2D eigenvalue weighted by Crippen LogP contribution is 1.94. The first-order valence-electron chi connectivity index (χ1n) is 4.54. The third kappa shape index (κ3) is 3.30. The summed E-state index contributed by atoms with van der Waals surface area (Å²) in [5.41, 5.74) is 0.371. The molecular weight excluding hydrogens is 190 g/mol. The second-order valence-corrected chi connectivity index (χ2v) is 2.90. The van der Waals surface area contributed by atoms with E-state index in [9.17, 15) is 4.79 Å². The Morgan fingerprint density at radius 3 is 3.07 bits per heavy atom. The van der Waals surface area contributed by atoms with Gasteiger partial charge in [0.05, 0.1) is 0 Å². The van der Waals surface area contributed by atoms with Crippen LogP contribution < -0.4 is 10.9 Å². The van der Waals surface area contributed by atoms with E-state index < -0.39 is 0 Å². The maximum Gasteiger partial charge on any atom is 0.265 e. The SMILES string of the molecule is CNCCC#Cc1c[nH]c(=O)c(C#N)c1. The molecule has 0 atom stereocenters. The van der Waals surface area contributed by atoms with Gasteiger partial charge in [-0.3, -0.25) is 4.79 Å². The van der Waals surface area contributed by atoms with E-state index in [1.165, 1.54) is 12.3 Å². The lowest BCUT2D eigenvalue weighted by molar-refractivity contribution is 0.818. The van der Waals surface area contributed by atoms with Crippen molar-refractivity contribution >= 4 is 0 Å². The maximum absolute atomic E-state index is 11.0. The van der Waals surface area contributed by atoms with Crippen molar-refractivity contribution in [3.63, 3.8) is 0 Å². The Morgan fingerprint density at radius 2 is 2.40 bits per heavy atom. The van der Waals surface area contributed by atoms with Gasteiger partial charge in [0.25, 0.3) is 5.56 Å². The molecule has 2 N–H and O–H groups in total. The van der Waals surface area contributed by atoms with Crippen LogP contribution in [0.25, 0.3) is 0 Å². The molecule has 0 aliphatic heterocycles. The van der Waals surface area contributed by atoms with Crippen LogP contribution in [0.3, 0.4) is 0 Å². The van der Waals surface area contributed by atoms with Crippen LogP contribution in [0.1, 0.15) is 17.5 Å². The monoisotopic (exact) mass is 201 g/mol. The number of aromatic nitrogens is 1. The number of nitriles is 1. The van der Waals surface area contributed by atoms with Gasteiger partial charge in [-0.25, -0.2) is 0 Å². The molecule has 4 nitrogen and oxygen atoms in total. The number of rotatable bonds is 2. The summed E-state index contributed by atoms with van der Waals surface area (Å²) in [4.78, 5) is 13.5. The molecule has 0 aliphatic carbocycles. The van der Waals surface area contributed by atoms with Gasteiger partial charge in [0, 0.05) is 24.7 Å². The molecule has 0 aromatic carbocycles. The van der Waals surface area contributed by atoms with Gasteiger partial charge in [0.2, 0.25) is 0 Å². The standard InChI is InChI=1S/C11H11N3O/c1-13-5-3-2-4-9-6-10(7-12)11(15)14-8-9/h6,8,13H,3,5H2,1H3,(H,14,15). The van der Waals surface area contributed by atoms with Crippen molar-refractivity contribution < 1.29 is 0 Å². The van der Waals surface area contributed by atoms with Crippen molar-refractivity contribution in [2.24, 2.45) is 0 Å². The van der Waals surface area contributed by atoms with Crippen molar-refractivity contribution in [2.75, 3.05) is 13.6 Å². The molecule has 15 heavy (non-hydrogen) atoms. The summed E-state index contributed by atoms with van der Waals surface area (Å²) < 4.78 is 0. The van der Waals surface area contributed by atoms with Crippen LogP contribution in [0.15, 0.2) is 17.1 Å². The smallest absolute Gasteiger partial charge is 0.265 e. The number of H-pyrrole nitrogens is 1. The Morgan fingerprint density at radius 1 is 1.60 bits per heavy atom. The molecule has 0 bridgehead atoms. The van der Waals surface area contributed by atoms with Gasteiger partial charge in [0.1, 0.15) is 11.6 Å². The summed E-state index contributed by atoms with van der Waals surface area (Å²) in [5.74, 6) is 5.80. The molecule has 0 amide bonds. The first-order valence-corrected chi connectivity index (χ1v) is 4.54. The minimum Gasteiger partial charge on any atom is -0.327 e. The average Bonchev–Trinajstić information content (AvgIpc) is 2.26. The van der Waals surface area contributed by atoms with E-state index in [2.05, 4.69) is 22.1 Å². The zero-order chi connectivity index (χ0) is 11.1. The number of hydrogen-bond acceptors (Lipinski definition) is 3. The Kier molecular flexibility index (Phi) is 4.15. The second-order valence-electron chi connectivity index (χ2n) is 2.90. The average molecular weight is 201 g/mol. The van der Waals surface area contributed by atoms with E-state index >= 15 is 0 Å². The highest BCUT2D eigenvalue weighted by molar-refractivity contribution is 5.38. The lowest BCUT2D eigenvalue weighted by Gasteiger charge is -1.91. The molecule has 1 aromatic heterocycles. The van der Waals surface area contributed by atoms with Crippen LogP contribution in [-0.2, 0) is 0 Å². The van der Waals surface area contributed by atoms with Crippen LogP contribution in [-0.4, -0.2) is 18.6 Å². The van der Waals surface area contributed by atoms with Crippen molar-refractivity contribution in [2.45, 2.75) is 6.42 Å². The third-order valence-electron chi connectivity index (χ3n) is 1.76. The van der Waals surface area contributed by atoms with E-state index in [0.29, 0.717) is 5.56 Å². The molecule has 0 aliphatic rings. The molecule has 0 unspecified atom stereocenters. The predicted octanol–water partition coefficient (Wildman–Crippen LogP) is 0.208. The summed E-state index contributed by atoms with van der Waals surface area (Å²) in [5, 5.41) is 11.6. The summed E-state index contributed by atoms with van der Waals surface area (Å²) in [6.45, 7) is 0.821. The van der Waals surface area contributed by atoms with Crippen molar-refractivity contribution in [3.05, 3.63) is 33.7 Å². The molecular formula is C11H11N3O. The summed E-state index contributed by atoms with van der Waals surface area (Å²) in [7, 11) is 1.86. The summed E-state index contributed by atoms with van der Waals surface area (Å²) in [6, 6.07) is 3.30. The van der Waals surface area contributed by atoms with E-state index in [-0.39, 0.29) is 11.1 Å². The third-order valence-corrected chi connectivity index (χ3v) is 1.76. The largest absolute Gasteiger partial charge is 0.327 e. The minimum absolute atomic E-state index is 0.0930. The summed E-state index contributed by atoms with van der Waals surface area (Å²) in [6.07, 6.45) is 2.24. The van der Waals surface area contributed by atoms with Gasteiger partial charge in [0.15, 0.2) is 0 Å². The van der Waals surface area contributed by atoms with Crippen LogP contribution in [0.2, 0.25) is 0 Å². The molecule has 1 heterocycles. The lowest BCUT2D eigenvalue weighted by Crippen LogP contribution is -2.09. The fourth-order valence-corrected chi connectivity index (χ4v) is 0.991. The number of hydrogen-bond donors (Lipinski definition) is 2. The van der Waals surface area contributed by atoms with Gasteiger partial charge in [-0.2, -0.15) is 5.26 Å². The number of aromatic amines is 1. The van der Waals surface area contributed by atoms with E-state index in [0.717, 1.165) is 13.0 Å². The van der Waals surface area contributed by atoms with Gasteiger partial charge in [-0.15, -0.1) is 0 Å². The maximum atomic E-state index is 11.0. The molecule has 76 valence electrons. The Bertz CT molecular complexity index is 485. The lowest BCUT2D eigenvalue weighted by atomic mass is 10.2. The number of nitrogens with one attached hydrogen (secondary N) is 2. The fraction of sp³-hybridized carbons (Fsp3) is 0.273. The Balaban J connectivity index is 2.83. The van der Waals surface area contributed by atoms with Crippen LogP contribution in [0.5, 0.6) is 0 Å². The second kappa shape index (κ2) is 5.64. The number of pyridine rings is 1. The van der Waals surface area contributed by atoms with Crippen molar-refractivity contribution in [3.8, 4) is 17.9 Å². The first-order chi connectivity index (χ1) is 7.27. The van der Waals surface area contributed by atoms with Gasteiger partial charge < -0.3 is 10.3 Å². The van der Waals surface area contributed by atoms with Gasteiger partial charge >= 0.3 is 0 Å². The van der Waals surface area contributed by atoms with Crippen molar-refractivity contribution in [1.29, 1.82) is 5.26 Å². The van der Waals surface area contributed by atoms with Crippen LogP contribution >= 0.6 is 0 Å².